The van der Waals surface area contributed by atoms with E-state index in [2.05, 4.69) is 4.74 Å². The molecule has 0 fully saturated rings. The first-order valence-corrected chi connectivity index (χ1v) is 7.84. The quantitative estimate of drug-likeness (QED) is 0.674. The molecule has 1 aromatic rings. The highest BCUT2D eigenvalue weighted by Crippen LogP contribution is 2.36. The molecule has 128 valence electrons. The van der Waals surface area contributed by atoms with Gasteiger partial charge in [-0.1, -0.05) is 18.2 Å². The summed E-state index contributed by atoms with van der Waals surface area (Å²) in [5.74, 6) is 0.354. The second kappa shape index (κ2) is 6.65. The SMILES string of the molecule is COC(=O)C=Cc1cc(C=CC(C)(C)O)c2c(c1)C=CC(C)(C)O2. The summed E-state index contributed by atoms with van der Waals surface area (Å²) in [5, 5.41) is 9.95. The first-order chi connectivity index (χ1) is 11.1. The Balaban J connectivity index is 2.50. The molecule has 1 aliphatic rings. The Morgan fingerprint density at radius 3 is 2.62 bits per heavy atom. The van der Waals surface area contributed by atoms with Crippen LogP contribution < -0.4 is 4.74 Å². The molecule has 1 heterocycles. The van der Waals surface area contributed by atoms with Gasteiger partial charge in [-0.15, -0.1) is 0 Å². The smallest absolute Gasteiger partial charge is 0.330 e. The van der Waals surface area contributed by atoms with Gasteiger partial charge in [0, 0.05) is 17.2 Å². The fourth-order valence-corrected chi connectivity index (χ4v) is 2.27. The van der Waals surface area contributed by atoms with E-state index in [0.717, 1.165) is 22.4 Å². The average molecular weight is 328 g/mol. The number of aliphatic hydroxyl groups is 1. The Bertz CT molecular complexity index is 716. The van der Waals surface area contributed by atoms with Crippen molar-refractivity contribution >= 4 is 24.2 Å². The zero-order valence-electron chi connectivity index (χ0n) is 14.8. The minimum absolute atomic E-state index is 0.395. The number of methoxy groups -OCH3 is 1. The van der Waals surface area contributed by atoms with Crippen LogP contribution in [0.25, 0.3) is 18.2 Å². The molecule has 0 radical (unpaired) electrons. The molecule has 0 spiro atoms. The summed E-state index contributed by atoms with van der Waals surface area (Å²) in [5.41, 5.74) is 1.30. The maximum absolute atomic E-state index is 11.3. The van der Waals surface area contributed by atoms with Crippen LogP contribution in [-0.2, 0) is 9.53 Å². The second-order valence-electron chi connectivity index (χ2n) is 6.91. The van der Waals surface area contributed by atoms with Gasteiger partial charge in [0.2, 0.25) is 0 Å². The molecule has 0 unspecified atom stereocenters. The zero-order valence-corrected chi connectivity index (χ0v) is 14.8. The lowest BCUT2D eigenvalue weighted by Gasteiger charge is -2.29. The number of hydrogen-bond donors (Lipinski definition) is 1. The molecule has 2 rings (SSSR count). The molecule has 0 saturated heterocycles. The van der Waals surface area contributed by atoms with Gasteiger partial charge in [0.1, 0.15) is 11.4 Å². The van der Waals surface area contributed by atoms with Crippen molar-refractivity contribution in [3.63, 3.8) is 0 Å². The van der Waals surface area contributed by atoms with Gasteiger partial charge in [-0.3, -0.25) is 0 Å². The first kappa shape index (κ1) is 18.0. The number of esters is 1. The monoisotopic (exact) mass is 328 g/mol. The number of hydrogen-bond acceptors (Lipinski definition) is 4. The molecule has 0 bridgehead atoms. The van der Waals surface area contributed by atoms with Gasteiger partial charge in [0.05, 0.1) is 12.7 Å². The summed E-state index contributed by atoms with van der Waals surface area (Å²) in [6, 6.07) is 3.86. The van der Waals surface area contributed by atoms with Gasteiger partial charge < -0.3 is 14.6 Å². The van der Waals surface area contributed by atoms with Gasteiger partial charge in [-0.25, -0.2) is 4.79 Å². The van der Waals surface area contributed by atoms with Crippen LogP contribution in [0, 0.1) is 0 Å². The van der Waals surface area contributed by atoms with Gasteiger partial charge in [0.15, 0.2) is 0 Å². The van der Waals surface area contributed by atoms with Gasteiger partial charge in [-0.05, 0) is 57.5 Å². The second-order valence-corrected chi connectivity index (χ2v) is 6.91. The first-order valence-electron chi connectivity index (χ1n) is 7.84. The fraction of sp³-hybridized carbons (Fsp3) is 0.350. The summed E-state index contributed by atoms with van der Waals surface area (Å²) in [7, 11) is 1.34. The zero-order chi connectivity index (χ0) is 18.0. The number of benzene rings is 1. The van der Waals surface area contributed by atoms with Gasteiger partial charge in [-0.2, -0.15) is 0 Å². The topological polar surface area (TPSA) is 55.8 Å². The van der Waals surface area contributed by atoms with E-state index in [1.54, 1.807) is 26.0 Å². The molecule has 0 amide bonds. The van der Waals surface area contributed by atoms with E-state index in [1.165, 1.54) is 13.2 Å². The molecule has 24 heavy (non-hydrogen) atoms. The minimum Gasteiger partial charge on any atom is -0.483 e. The maximum atomic E-state index is 11.3. The van der Waals surface area contributed by atoms with Crippen LogP contribution in [0.3, 0.4) is 0 Å². The molecule has 0 aliphatic carbocycles. The Morgan fingerprint density at radius 2 is 2.00 bits per heavy atom. The molecule has 0 saturated carbocycles. The molecule has 0 atom stereocenters. The number of ether oxygens (including phenoxy) is 2. The van der Waals surface area contributed by atoms with E-state index < -0.39 is 17.2 Å². The van der Waals surface area contributed by atoms with Crippen LogP contribution >= 0.6 is 0 Å². The van der Waals surface area contributed by atoms with E-state index in [1.807, 2.05) is 44.2 Å². The highest BCUT2D eigenvalue weighted by molar-refractivity contribution is 5.87. The molecule has 4 nitrogen and oxygen atoms in total. The van der Waals surface area contributed by atoms with Crippen molar-refractivity contribution in [1.29, 1.82) is 0 Å². The van der Waals surface area contributed by atoms with Crippen molar-refractivity contribution in [2.45, 2.75) is 38.9 Å². The van der Waals surface area contributed by atoms with Crippen molar-refractivity contribution < 1.29 is 19.4 Å². The normalized spacial score (nSPS) is 16.2. The Labute approximate surface area is 143 Å². The minimum atomic E-state index is -0.926. The third-order valence-electron chi connectivity index (χ3n) is 3.48. The summed E-state index contributed by atoms with van der Waals surface area (Å²) in [6.07, 6.45) is 10.6. The number of carbonyl (C=O) groups excluding carboxylic acids is 1. The largest absolute Gasteiger partial charge is 0.483 e. The van der Waals surface area contributed by atoms with E-state index >= 15 is 0 Å². The van der Waals surface area contributed by atoms with Gasteiger partial charge in [0.25, 0.3) is 0 Å². The molecule has 1 aromatic carbocycles. The van der Waals surface area contributed by atoms with Gasteiger partial charge >= 0.3 is 5.97 Å². The summed E-state index contributed by atoms with van der Waals surface area (Å²) >= 11 is 0. The Hall–Kier alpha value is -2.33. The fourth-order valence-electron chi connectivity index (χ4n) is 2.27. The van der Waals surface area contributed by atoms with E-state index in [9.17, 15) is 9.90 Å². The number of carbonyl (C=O) groups is 1. The van der Waals surface area contributed by atoms with Crippen LogP contribution in [-0.4, -0.2) is 29.4 Å². The standard InChI is InChI=1S/C20H24O4/c1-19(2,22)10-8-15-12-14(6-7-17(21)23-5)13-16-9-11-20(3,4)24-18(15)16/h6-13,22H,1-5H3. The van der Waals surface area contributed by atoms with E-state index in [-0.39, 0.29) is 0 Å². The lowest BCUT2D eigenvalue weighted by Crippen LogP contribution is -2.28. The predicted molar refractivity (Wildman–Crippen MR) is 96.6 cm³/mol. The molecule has 1 N–H and O–H groups in total. The highest BCUT2D eigenvalue weighted by atomic mass is 16.5. The van der Waals surface area contributed by atoms with E-state index in [0.29, 0.717) is 0 Å². The summed E-state index contributed by atoms with van der Waals surface area (Å²) in [6.45, 7) is 7.39. The van der Waals surface area contributed by atoms with Crippen molar-refractivity contribution in [2.75, 3.05) is 7.11 Å². The van der Waals surface area contributed by atoms with Crippen molar-refractivity contribution in [1.82, 2.24) is 0 Å². The van der Waals surface area contributed by atoms with E-state index in [4.69, 9.17) is 4.74 Å². The average Bonchev–Trinajstić information content (AvgIpc) is 2.49. The summed E-state index contributed by atoms with van der Waals surface area (Å²) in [4.78, 5) is 11.3. The van der Waals surface area contributed by atoms with Crippen LogP contribution in [0.4, 0.5) is 0 Å². The van der Waals surface area contributed by atoms with Crippen molar-refractivity contribution in [3.8, 4) is 5.75 Å². The predicted octanol–water partition coefficient (Wildman–Crippen LogP) is 3.84. The maximum Gasteiger partial charge on any atom is 0.330 e. The van der Waals surface area contributed by atoms with Crippen LogP contribution in [0.1, 0.15) is 44.4 Å². The lowest BCUT2D eigenvalue weighted by atomic mass is 9.96. The number of rotatable bonds is 4. The Morgan fingerprint density at radius 1 is 1.29 bits per heavy atom. The molecule has 0 aromatic heterocycles. The lowest BCUT2D eigenvalue weighted by molar-refractivity contribution is -0.134. The summed E-state index contributed by atoms with van der Waals surface area (Å²) < 4.78 is 10.7. The van der Waals surface area contributed by atoms with Crippen LogP contribution in [0.5, 0.6) is 5.75 Å². The molecular weight excluding hydrogens is 304 g/mol. The van der Waals surface area contributed by atoms with Crippen molar-refractivity contribution in [2.24, 2.45) is 0 Å². The molecule has 1 aliphatic heterocycles. The number of fused-ring (bicyclic) bond motifs is 1. The third-order valence-corrected chi connectivity index (χ3v) is 3.48. The van der Waals surface area contributed by atoms with Crippen molar-refractivity contribution in [3.05, 3.63) is 47.1 Å². The molecular formula is C20H24O4. The Kier molecular flexibility index (Phi) is 4.99. The third kappa shape index (κ3) is 4.83. The highest BCUT2D eigenvalue weighted by Gasteiger charge is 2.24. The van der Waals surface area contributed by atoms with Crippen LogP contribution in [0.2, 0.25) is 0 Å². The van der Waals surface area contributed by atoms with Crippen LogP contribution in [0.15, 0.2) is 30.4 Å². The molecule has 4 heteroatoms.